The van der Waals surface area contributed by atoms with Gasteiger partial charge in [0, 0.05) is 6.54 Å². The van der Waals surface area contributed by atoms with Gasteiger partial charge >= 0.3 is 5.97 Å². The Labute approximate surface area is 99.9 Å². The molecular weight excluding hydrogens is 224 g/mol. The van der Waals surface area contributed by atoms with Gasteiger partial charge < -0.3 is 5.11 Å². The molecule has 90 valence electrons. The van der Waals surface area contributed by atoms with Crippen molar-refractivity contribution in [2.24, 2.45) is 0 Å². The highest BCUT2D eigenvalue weighted by Crippen LogP contribution is 2.16. The van der Waals surface area contributed by atoms with Crippen LogP contribution in [0.1, 0.15) is 42.1 Å². The van der Waals surface area contributed by atoms with Crippen molar-refractivity contribution in [3.8, 4) is 0 Å². The average Bonchev–Trinajstić information content (AvgIpc) is 2.66. The second kappa shape index (κ2) is 6.60. The highest BCUT2D eigenvalue weighted by Gasteiger charge is 2.15. The van der Waals surface area contributed by atoms with E-state index in [9.17, 15) is 4.79 Å². The molecule has 0 spiro atoms. The van der Waals surface area contributed by atoms with Crippen LogP contribution in [0.2, 0.25) is 0 Å². The van der Waals surface area contributed by atoms with Crippen LogP contribution in [0.25, 0.3) is 0 Å². The molecule has 0 radical (unpaired) electrons. The summed E-state index contributed by atoms with van der Waals surface area (Å²) in [6.45, 7) is 6.98. The van der Waals surface area contributed by atoms with Crippen LogP contribution in [0.3, 0.4) is 0 Å². The number of hydrogen-bond donors (Lipinski definition) is 1. The number of carboxylic acids is 1. The van der Waals surface area contributed by atoms with Gasteiger partial charge in [-0.15, -0.1) is 11.3 Å². The molecule has 1 N–H and O–H groups in total. The Morgan fingerprint density at radius 2 is 2.06 bits per heavy atom. The number of hydrogen-bond acceptors (Lipinski definition) is 4. The van der Waals surface area contributed by atoms with E-state index < -0.39 is 5.97 Å². The van der Waals surface area contributed by atoms with Gasteiger partial charge in [0.05, 0.1) is 10.4 Å². The summed E-state index contributed by atoms with van der Waals surface area (Å²) in [7, 11) is 0. The third-order valence-corrected chi connectivity index (χ3v) is 3.11. The Morgan fingerprint density at radius 3 is 2.56 bits per heavy atom. The van der Waals surface area contributed by atoms with E-state index in [0.29, 0.717) is 6.54 Å². The molecule has 0 saturated carbocycles. The zero-order chi connectivity index (χ0) is 12.0. The van der Waals surface area contributed by atoms with Crippen LogP contribution in [0.15, 0.2) is 5.51 Å². The fraction of sp³-hybridized carbons (Fsp3) is 0.636. The monoisotopic (exact) mass is 242 g/mol. The molecule has 0 bridgehead atoms. The standard InChI is InChI=1S/C11H18N2O2S/c1-3-5-13(6-4-2)7-9-10(11(14)15)12-8-16-9/h8H,3-7H2,1-2H3,(H,14,15). The number of thiazole rings is 1. The first kappa shape index (κ1) is 13.1. The minimum Gasteiger partial charge on any atom is -0.476 e. The molecule has 0 unspecified atom stereocenters. The maximum Gasteiger partial charge on any atom is 0.355 e. The molecule has 1 heterocycles. The van der Waals surface area contributed by atoms with E-state index in [0.717, 1.165) is 30.8 Å². The molecule has 0 amide bonds. The van der Waals surface area contributed by atoms with Crippen molar-refractivity contribution in [3.05, 3.63) is 16.1 Å². The van der Waals surface area contributed by atoms with Gasteiger partial charge in [-0.1, -0.05) is 13.8 Å². The first-order chi connectivity index (χ1) is 7.69. The molecule has 0 aliphatic rings. The van der Waals surface area contributed by atoms with E-state index in [1.807, 2.05) is 0 Å². The normalized spacial score (nSPS) is 10.9. The number of carbonyl (C=O) groups is 1. The number of aromatic nitrogens is 1. The van der Waals surface area contributed by atoms with E-state index in [2.05, 4.69) is 23.7 Å². The van der Waals surface area contributed by atoms with Crippen molar-refractivity contribution >= 4 is 17.3 Å². The zero-order valence-electron chi connectivity index (χ0n) is 9.77. The molecule has 1 aromatic rings. The van der Waals surface area contributed by atoms with Crippen LogP contribution in [0, 0.1) is 0 Å². The second-order valence-electron chi connectivity index (χ2n) is 3.71. The van der Waals surface area contributed by atoms with Crippen molar-refractivity contribution in [1.29, 1.82) is 0 Å². The van der Waals surface area contributed by atoms with Crippen LogP contribution >= 0.6 is 11.3 Å². The van der Waals surface area contributed by atoms with Gasteiger partial charge in [0.15, 0.2) is 5.69 Å². The van der Waals surface area contributed by atoms with Crippen LogP contribution in [0.5, 0.6) is 0 Å². The summed E-state index contributed by atoms with van der Waals surface area (Å²) in [4.78, 5) is 17.9. The Kier molecular flexibility index (Phi) is 5.42. The summed E-state index contributed by atoms with van der Waals surface area (Å²) in [6, 6.07) is 0. The van der Waals surface area contributed by atoms with Crippen LogP contribution in [0.4, 0.5) is 0 Å². The van der Waals surface area contributed by atoms with Crippen molar-refractivity contribution in [2.75, 3.05) is 13.1 Å². The summed E-state index contributed by atoms with van der Waals surface area (Å²) in [6.07, 6.45) is 2.17. The number of rotatable bonds is 7. The Hall–Kier alpha value is -0.940. The number of carboxylic acid groups (broad SMARTS) is 1. The van der Waals surface area contributed by atoms with Crippen molar-refractivity contribution in [1.82, 2.24) is 9.88 Å². The van der Waals surface area contributed by atoms with Crippen LogP contribution < -0.4 is 0 Å². The lowest BCUT2D eigenvalue weighted by molar-refractivity contribution is 0.0689. The average molecular weight is 242 g/mol. The second-order valence-corrected chi connectivity index (χ2v) is 4.64. The van der Waals surface area contributed by atoms with Crippen molar-refractivity contribution in [2.45, 2.75) is 33.2 Å². The smallest absolute Gasteiger partial charge is 0.355 e. The van der Waals surface area contributed by atoms with Gasteiger partial charge in [0.25, 0.3) is 0 Å². The molecule has 0 aliphatic heterocycles. The van der Waals surface area contributed by atoms with E-state index >= 15 is 0 Å². The van der Waals surface area contributed by atoms with E-state index in [-0.39, 0.29) is 5.69 Å². The van der Waals surface area contributed by atoms with Gasteiger partial charge in [0.2, 0.25) is 0 Å². The molecule has 0 fully saturated rings. The predicted octanol–water partition coefficient (Wildman–Crippen LogP) is 2.46. The van der Waals surface area contributed by atoms with Crippen molar-refractivity contribution < 1.29 is 9.90 Å². The molecular formula is C11H18N2O2S. The van der Waals surface area contributed by atoms with Gasteiger partial charge in [-0.2, -0.15) is 0 Å². The number of aromatic carboxylic acids is 1. The zero-order valence-corrected chi connectivity index (χ0v) is 10.6. The van der Waals surface area contributed by atoms with Crippen LogP contribution in [-0.2, 0) is 6.54 Å². The molecule has 0 atom stereocenters. The summed E-state index contributed by atoms with van der Waals surface area (Å²) < 4.78 is 0. The minimum atomic E-state index is -0.927. The molecule has 1 aromatic heterocycles. The third kappa shape index (κ3) is 3.57. The number of nitrogens with zero attached hydrogens (tertiary/aromatic N) is 2. The van der Waals surface area contributed by atoms with E-state index in [1.165, 1.54) is 11.3 Å². The fourth-order valence-corrected chi connectivity index (χ4v) is 2.46. The molecule has 0 aromatic carbocycles. The topological polar surface area (TPSA) is 53.4 Å². The van der Waals surface area contributed by atoms with Gasteiger partial charge in [-0.05, 0) is 25.9 Å². The Morgan fingerprint density at radius 1 is 1.44 bits per heavy atom. The fourth-order valence-electron chi connectivity index (χ4n) is 1.66. The first-order valence-electron chi connectivity index (χ1n) is 5.57. The quantitative estimate of drug-likeness (QED) is 0.798. The maximum atomic E-state index is 10.9. The molecule has 16 heavy (non-hydrogen) atoms. The third-order valence-electron chi connectivity index (χ3n) is 2.29. The highest BCUT2D eigenvalue weighted by molar-refractivity contribution is 7.09. The Balaban J connectivity index is 2.68. The first-order valence-corrected chi connectivity index (χ1v) is 6.45. The summed E-state index contributed by atoms with van der Waals surface area (Å²) in [5, 5.41) is 8.95. The Bertz CT molecular complexity index is 332. The SMILES string of the molecule is CCCN(CCC)Cc1scnc1C(=O)O. The molecule has 5 heteroatoms. The van der Waals surface area contributed by atoms with Crippen LogP contribution in [-0.4, -0.2) is 34.0 Å². The molecule has 4 nitrogen and oxygen atoms in total. The molecule has 1 rings (SSSR count). The van der Waals surface area contributed by atoms with Gasteiger partial charge in [-0.25, -0.2) is 9.78 Å². The predicted molar refractivity (Wildman–Crippen MR) is 64.9 cm³/mol. The maximum absolute atomic E-state index is 10.9. The lowest BCUT2D eigenvalue weighted by Crippen LogP contribution is -2.25. The minimum absolute atomic E-state index is 0.210. The molecule has 0 saturated heterocycles. The summed E-state index contributed by atoms with van der Waals surface area (Å²) in [5.41, 5.74) is 1.82. The van der Waals surface area contributed by atoms with E-state index in [1.54, 1.807) is 5.51 Å². The summed E-state index contributed by atoms with van der Waals surface area (Å²) >= 11 is 1.42. The lowest BCUT2D eigenvalue weighted by Gasteiger charge is -2.19. The van der Waals surface area contributed by atoms with Gasteiger partial charge in [0.1, 0.15) is 0 Å². The lowest BCUT2D eigenvalue weighted by atomic mass is 10.3. The van der Waals surface area contributed by atoms with Gasteiger partial charge in [-0.3, -0.25) is 4.90 Å². The molecule has 0 aliphatic carbocycles. The highest BCUT2D eigenvalue weighted by atomic mass is 32.1. The summed E-state index contributed by atoms with van der Waals surface area (Å²) in [5.74, 6) is -0.927. The van der Waals surface area contributed by atoms with E-state index in [4.69, 9.17) is 5.11 Å². The largest absolute Gasteiger partial charge is 0.476 e. The van der Waals surface area contributed by atoms with Crippen molar-refractivity contribution in [3.63, 3.8) is 0 Å².